The molecule has 2 N–H and O–H groups in total. The van der Waals surface area contributed by atoms with E-state index >= 15 is 0 Å². The quantitative estimate of drug-likeness (QED) is 0.728. The maximum atomic E-state index is 11.4. The van der Waals surface area contributed by atoms with Gasteiger partial charge in [0.2, 0.25) is 0 Å². The van der Waals surface area contributed by atoms with Gasteiger partial charge in [0.15, 0.2) is 6.79 Å². The highest BCUT2D eigenvalue weighted by atomic mass is 35.5. The molecule has 0 saturated carbocycles. The lowest BCUT2D eigenvalue weighted by atomic mass is 10.0. The van der Waals surface area contributed by atoms with Crippen molar-refractivity contribution in [3.05, 3.63) is 48.8 Å². The molecule has 0 saturated heterocycles. The highest BCUT2D eigenvalue weighted by molar-refractivity contribution is 6.43. The van der Waals surface area contributed by atoms with Crippen LogP contribution in [0.1, 0.15) is 17.4 Å². The Morgan fingerprint density at radius 1 is 1.27 bits per heavy atom. The third-order valence-electron chi connectivity index (χ3n) is 3.11. The summed E-state index contributed by atoms with van der Waals surface area (Å²) in [5.41, 5.74) is 0.387. The second-order valence-electron chi connectivity index (χ2n) is 4.40. The molecule has 1 aromatic heterocycles. The van der Waals surface area contributed by atoms with E-state index in [1.54, 1.807) is 6.07 Å². The molecule has 0 bridgehead atoms. The number of hydrogen-bond acceptors (Lipinski definition) is 5. The van der Waals surface area contributed by atoms with Crippen molar-refractivity contribution >= 4 is 52.1 Å². The minimum atomic E-state index is -0.816. The number of rotatable bonds is 2. The Morgan fingerprint density at radius 2 is 2.00 bits per heavy atom. The molecule has 0 fully saturated rings. The Balaban J connectivity index is 2.19. The number of hydrogen-bond donors (Lipinski definition) is 2. The van der Waals surface area contributed by atoms with Crippen LogP contribution < -0.4 is 9.96 Å². The van der Waals surface area contributed by atoms with Gasteiger partial charge in [0.25, 0.3) is 0 Å². The highest BCUT2D eigenvalue weighted by Crippen LogP contribution is 2.47. The maximum Gasteiger partial charge on any atom is 0.190 e. The summed E-state index contributed by atoms with van der Waals surface area (Å²) in [5, 5.41) is 20.8. The number of nitrogens with one attached hydrogen (secondary N) is 1. The van der Waals surface area contributed by atoms with Crippen LogP contribution in [0.15, 0.2) is 12.1 Å². The summed E-state index contributed by atoms with van der Waals surface area (Å²) < 4.78 is 10.8. The number of anilines is 1. The number of aromatic nitrogens is 1. The molecule has 1 aliphatic heterocycles. The van der Waals surface area contributed by atoms with Crippen molar-refractivity contribution in [3.63, 3.8) is 0 Å². The molecule has 1 aliphatic rings. The predicted molar refractivity (Wildman–Crippen MR) is 83.3 cm³/mol. The predicted octanol–water partition coefficient (Wildman–Crippen LogP) is 4.78. The number of ether oxygens (including phenoxy) is 2. The molecule has 2 heterocycles. The Morgan fingerprint density at radius 3 is 2.68 bits per heavy atom. The van der Waals surface area contributed by atoms with E-state index in [2.05, 4.69) is 4.98 Å². The lowest BCUT2D eigenvalue weighted by Crippen LogP contribution is -2.21. The summed E-state index contributed by atoms with van der Waals surface area (Å²) in [5.74, 6) is 0.366. The first-order valence-corrected chi connectivity index (χ1v) is 7.37. The molecule has 2 aromatic rings. The van der Waals surface area contributed by atoms with Crippen LogP contribution in [0.2, 0.25) is 20.2 Å². The Hall–Kier alpha value is -0.860. The number of H-pyrrole nitrogens is 1. The van der Waals surface area contributed by atoms with Gasteiger partial charge in [0, 0.05) is 10.6 Å². The molecular formula is C12H7Cl4N2O4-. The van der Waals surface area contributed by atoms with Crippen molar-refractivity contribution in [1.82, 2.24) is 4.98 Å². The van der Waals surface area contributed by atoms with E-state index in [-0.39, 0.29) is 33.6 Å². The van der Waals surface area contributed by atoms with E-state index in [1.165, 1.54) is 6.07 Å². The van der Waals surface area contributed by atoms with Crippen molar-refractivity contribution in [2.75, 3.05) is 12.0 Å². The first-order valence-electron chi connectivity index (χ1n) is 5.86. The second-order valence-corrected chi connectivity index (χ2v) is 6.00. The third kappa shape index (κ3) is 2.61. The van der Waals surface area contributed by atoms with Crippen molar-refractivity contribution < 1.29 is 14.7 Å². The molecular weight excluding hydrogens is 378 g/mol. The Bertz CT molecular complexity index is 734. The van der Waals surface area contributed by atoms with Crippen LogP contribution in [-0.4, -0.2) is 17.0 Å². The van der Waals surface area contributed by atoms with Crippen molar-refractivity contribution in [2.45, 2.75) is 6.10 Å². The van der Waals surface area contributed by atoms with E-state index in [1.807, 2.05) is 0 Å². The minimum Gasteiger partial charge on any atom is -0.733 e. The number of fused-ring (bicyclic) bond motifs is 1. The van der Waals surface area contributed by atoms with Crippen molar-refractivity contribution in [2.24, 2.45) is 0 Å². The van der Waals surface area contributed by atoms with Gasteiger partial charge in [-0.2, -0.15) is 0 Å². The average molecular weight is 385 g/mol. The van der Waals surface area contributed by atoms with E-state index in [0.717, 1.165) is 0 Å². The van der Waals surface area contributed by atoms with E-state index in [0.29, 0.717) is 21.4 Å². The minimum absolute atomic E-state index is 0.00802. The fraction of sp³-hybridized carbons (Fsp3) is 0.167. The van der Waals surface area contributed by atoms with Crippen LogP contribution in [0.25, 0.3) is 0 Å². The molecule has 0 amide bonds. The lowest BCUT2D eigenvalue weighted by molar-refractivity contribution is -0.0432. The Labute approximate surface area is 144 Å². The molecule has 0 aliphatic carbocycles. The third-order valence-corrected chi connectivity index (χ3v) is 4.36. The lowest BCUT2D eigenvalue weighted by Gasteiger charge is -2.30. The zero-order chi connectivity index (χ0) is 16.0. The van der Waals surface area contributed by atoms with Gasteiger partial charge in [-0.25, -0.2) is 0 Å². The summed E-state index contributed by atoms with van der Waals surface area (Å²) in [7, 11) is 0. The van der Waals surface area contributed by atoms with Crippen molar-refractivity contribution in [1.29, 1.82) is 0 Å². The van der Waals surface area contributed by atoms with Crippen LogP contribution in [0.5, 0.6) is 5.75 Å². The first-order chi connectivity index (χ1) is 10.4. The molecule has 6 nitrogen and oxygen atoms in total. The molecule has 22 heavy (non-hydrogen) atoms. The summed E-state index contributed by atoms with van der Waals surface area (Å²) in [4.78, 5) is 2.71. The van der Waals surface area contributed by atoms with Gasteiger partial charge in [-0.1, -0.05) is 46.4 Å². The summed E-state index contributed by atoms with van der Waals surface area (Å²) in [6.07, 6.45) is -0.816. The number of halogens is 4. The second kappa shape index (κ2) is 5.98. The normalized spacial score (nSPS) is 17.1. The van der Waals surface area contributed by atoms with E-state index < -0.39 is 6.10 Å². The molecule has 0 radical (unpaired) electrons. The highest BCUT2D eigenvalue weighted by Gasteiger charge is 2.31. The fourth-order valence-corrected chi connectivity index (χ4v) is 3.22. The largest absolute Gasteiger partial charge is 0.733 e. The van der Waals surface area contributed by atoms with Crippen LogP contribution in [0, 0.1) is 5.21 Å². The summed E-state index contributed by atoms with van der Waals surface area (Å²) >= 11 is 23.9. The van der Waals surface area contributed by atoms with Crippen LogP contribution in [-0.2, 0) is 4.74 Å². The van der Waals surface area contributed by atoms with Gasteiger partial charge in [0.05, 0.1) is 16.4 Å². The molecule has 1 atom stereocenters. The maximum absolute atomic E-state index is 11.4. The number of benzene rings is 1. The average Bonchev–Trinajstić information content (AvgIpc) is 2.74. The van der Waals surface area contributed by atoms with E-state index in [4.69, 9.17) is 55.9 Å². The number of nitrogens with zero attached hydrogens (tertiary/aromatic N) is 1. The van der Waals surface area contributed by atoms with E-state index in [9.17, 15) is 10.4 Å². The van der Waals surface area contributed by atoms with Gasteiger partial charge in [0.1, 0.15) is 22.0 Å². The zero-order valence-corrected chi connectivity index (χ0v) is 13.6. The molecule has 1 aromatic carbocycles. The number of aromatic amines is 1. The van der Waals surface area contributed by atoms with Crippen LogP contribution in [0.4, 0.5) is 5.69 Å². The van der Waals surface area contributed by atoms with Gasteiger partial charge < -0.3 is 24.9 Å². The SMILES string of the molecule is [O-]N(O)c1c(C2OCOc3c(Cl)cc(Cl)cc32)[nH]c(Cl)c1Cl. The molecule has 3 rings (SSSR count). The van der Waals surface area contributed by atoms with Gasteiger partial charge >= 0.3 is 0 Å². The topological polar surface area (TPSA) is 80.8 Å². The molecule has 118 valence electrons. The summed E-state index contributed by atoms with van der Waals surface area (Å²) in [6, 6.07) is 3.09. The standard InChI is InChI=1S/C12H7Cl4N2O4/c13-4-1-5-10(6(14)2-4)21-3-22-11(5)8-9(18(19)20)7(15)12(16)17-8/h1-2,11,17,19H,3H2/q-1. The molecule has 1 unspecified atom stereocenters. The van der Waals surface area contributed by atoms with Gasteiger partial charge in [-0.05, 0) is 12.1 Å². The Kier molecular flexibility index (Phi) is 4.35. The first kappa shape index (κ1) is 16.0. The zero-order valence-electron chi connectivity index (χ0n) is 10.6. The molecule has 0 spiro atoms. The van der Waals surface area contributed by atoms with Gasteiger partial charge in [-0.15, -0.1) is 0 Å². The summed E-state index contributed by atoms with van der Waals surface area (Å²) in [6.45, 7) is -0.114. The van der Waals surface area contributed by atoms with Crippen LogP contribution >= 0.6 is 46.4 Å². The van der Waals surface area contributed by atoms with Crippen molar-refractivity contribution in [3.8, 4) is 5.75 Å². The van der Waals surface area contributed by atoms with Gasteiger partial charge in [-0.3, -0.25) is 5.21 Å². The smallest absolute Gasteiger partial charge is 0.190 e. The fourth-order valence-electron chi connectivity index (χ4n) is 2.25. The molecule has 10 heteroatoms. The monoisotopic (exact) mass is 383 g/mol. The van der Waals surface area contributed by atoms with Crippen LogP contribution in [0.3, 0.4) is 0 Å².